The number of ether oxygens (including phenoxy) is 1. The maximum Gasteiger partial charge on any atom is 0.410 e. The summed E-state index contributed by atoms with van der Waals surface area (Å²) in [4.78, 5) is 28.1. The second kappa shape index (κ2) is 8.85. The van der Waals surface area contributed by atoms with Crippen LogP contribution in [0.2, 0.25) is 0 Å². The Morgan fingerprint density at radius 1 is 1.32 bits per heavy atom. The zero-order valence-corrected chi connectivity index (χ0v) is 15.4. The van der Waals surface area contributed by atoms with Gasteiger partial charge in [0.15, 0.2) is 0 Å². The molecule has 1 aliphatic rings. The minimum Gasteiger partial charge on any atom is -0.445 e. The van der Waals surface area contributed by atoms with Crippen molar-refractivity contribution in [2.45, 2.75) is 45.4 Å². The lowest BCUT2D eigenvalue weighted by atomic mass is 10.00. The Hall–Kier alpha value is -2.08. The molecule has 0 aromatic heterocycles. The van der Waals surface area contributed by atoms with Gasteiger partial charge in [0.2, 0.25) is 5.91 Å². The summed E-state index contributed by atoms with van der Waals surface area (Å²) in [6.45, 7) is 5.34. The number of rotatable bonds is 5. The predicted molar refractivity (Wildman–Crippen MR) is 96.8 cm³/mol. The van der Waals surface area contributed by atoms with Gasteiger partial charge in [-0.1, -0.05) is 44.2 Å². The van der Waals surface area contributed by atoms with E-state index in [2.05, 4.69) is 0 Å². The van der Waals surface area contributed by atoms with Crippen LogP contribution in [-0.2, 0) is 16.1 Å². The lowest BCUT2D eigenvalue weighted by Gasteiger charge is -2.38. The monoisotopic (exact) mass is 347 g/mol. The van der Waals surface area contributed by atoms with Gasteiger partial charge >= 0.3 is 6.09 Å². The fraction of sp³-hybridized carbons (Fsp3) is 0.579. The van der Waals surface area contributed by atoms with Gasteiger partial charge < -0.3 is 20.3 Å². The van der Waals surface area contributed by atoms with Gasteiger partial charge in [0.25, 0.3) is 0 Å². The fourth-order valence-corrected chi connectivity index (χ4v) is 2.94. The van der Waals surface area contributed by atoms with Crippen LogP contribution >= 0.6 is 0 Å². The molecular formula is C19H29N3O3. The number of hydrogen-bond donors (Lipinski definition) is 1. The zero-order chi connectivity index (χ0) is 18.4. The van der Waals surface area contributed by atoms with E-state index in [1.54, 1.807) is 16.8 Å². The van der Waals surface area contributed by atoms with Crippen LogP contribution in [0, 0.1) is 5.92 Å². The normalized spacial score (nSPS) is 18.8. The third-order valence-corrected chi connectivity index (χ3v) is 4.75. The summed E-state index contributed by atoms with van der Waals surface area (Å²) >= 11 is 0. The van der Waals surface area contributed by atoms with Crippen LogP contribution < -0.4 is 5.73 Å². The van der Waals surface area contributed by atoms with Gasteiger partial charge in [-0.15, -0.1) is 0 Å². The number of likely N-dealkylation sites (tertiary alicyclic amines) is 1. The summed E-state index contributed by atoms with van der Waals surface area (Å²) in [6.07, 6.45) is 1.35. The van der Waals surface area contributed by atoms with E-state index in [1.165, 1.54) is 0 Å². The van der Waals surface area contributed by atoms with E-state index in [4.69, 9.17) is 10.5 Å². The Labute approximate surface area is 149 Å². The molecule has 25 heavy (non-hydrogen) atoms. The summed E-state index contributed by atoms with van der Waals surface area (Å²) in [5.41, 5.74) is 6.94. The Morgan fingerprint density at radius 2 is 2.00 bits per heavy atom. The number of nitrogens with zero attached hydrogens (tertiary/aromatic N) is 2. The largest absolute Gasteiger partial charge is 0.445 e. The number of likely N-dealkylation sites (N-methyl/N-ethyl adjacent to an activating group) is 1. The van der Waals surface area contributed by atoms with E-state index in [0.717, 1.165) is 18.4 Å². The van der Waals surface area contributed by atoms with Crippen molar-refractivity contribution in [1.82, 2.24) is 9.80 Å². The van der Waals surface area contributed by atoms with Crippen molar-refractivity contribution in [1.29, 1.82) is 0 Å². The molecule has 1 aromatic rings. The Balaban J connectivity index is 1.88. The molecule has 2 N–H and O–H groups in total. The van der Waals surface area contributed by atoms with Gasteiger partial charge in [-0.25, -0.2) is 4.79 Å². The minimum absolute atomic E-state index is 0.0363. The molecule has 0 aliphatic carbocycles. The highest BCUT2D eigenvalue weighted by atomic mass is 16.6. The molecule has 2 unspecified atom stereocenters. The van der Waals surface area contributed by atoms with E-state index < -0.39 is 6.04 Å². The lowest BCUT2D eigenvalue weighted by Crippen LogP contribution is -2.54. The van der Waals surface area contributed by atoms with E-state index in [-0.39, 0.29) is 30.6 Å². The van der Waals surface area contributed by atoms with Crippen LogP contribution in [-0.4, -0.2) is 54.0 Å². The number of benzene rings is 1. The number of carbonyl (C=O) groups is 2. The van der Waals surface area contributed by atoms with Crippen molar-refractivity contribution in [3.63, 3.8) is 0 Å². The Kier molecular flexibility index (Phi) is 6.82. The fourth-order valence-electron chi connectivity index (χ4n) is 2.94. The molecule has 0 spiro atoms. The first-order valence-electron chi connectivity index (χ1n) is 8.88. The topological polar surface area (TPSA) is 75.9 Å². The van der Waals surface area contributed by atoms with Gasteiger partial charge in [0, 0.05) is 20.1 Å². The van der Waals surface area contributed by atoms with E-state index in [9.17, 15) is 9.59 Å². The minimum atomic E-state index is -0.492. The number of piperidine rings is 1. The quantitative estimate of drug-likeness (QED) is 0.886. The first kappa shape index (κ1) is 19.2. The van der Waals surface area contributed by atoms with Gasteiger partial charge in [-0.2, -0.15) is 0 Å². The van der Waals surface area contributed by atoms with Crippen LogP contribution in [0.4, 0.5) is 4.79 Å². The molecule has 6 heteroatoms. The molecular weight excluding hydrogens is 318 g/mol. The molecule has 0 bridgehead atoms. The maximum absolute atomic E-state index is 12.5. The van der Waals surface area contributed by atoms with Crippen molar-refractivity contribution in [2.24, 2.45) is 11.7 Å². The average Bonchev–Trinajstić information content (AvgIpc) is 2.65. The number of amides is 2. The highest BCUT2D eigenvalue weighted by molar-refractivity contribution is 5.82. The standard InChI is InChI=1S/C19H29N3O3/c1-14(2)17(20)18(23)22-11-7-10-16(12-22)21(3)19(24)25-13-15-8-5-4-6-9-15/h4-6,8-9,14,16-17H,7,10-13,20H2,1-3H3. The first-order chi connectivity index (χ1) is 11.9. The summed E-state index contributed by atoms with van der Waals surface area (Å²) in [7, 11) is 1.73. The van der Waals surface area contributed by atoms with Crippen molar-refractivity contribution in [2.75, 3.05) is 20.1 Å². The molecule has 2 atom stereocenters. The zero-order valence-electron chi connectivity index (χ0n) is 15.4. The van der Waals surface area contributed by atoms with Crippen LogP contribution in [0.3, 0.4) is 0 Å². The van der Waals surface area contributed by atoms with Crippen LogP contribution in [0.25, 0.3) is 0 Å². The molecule has 138 valence electrons. The molecule has 1 heterocycles. The Bertz CT molecular complexity index is 577. The number of hydrogen-bond acceptors (Lipinski definition) is 4. The van der Waals surface area contributed by atoms with Crippen molar-refractivity contribution in [3.05, 3.63) is 35.9 Å². The highest BCUT2D eigenvalue weighted by Gasteiger charge is 2.31. The summed E-state index contributed by atoms with van der Waals surface area (Å²) < 4.78 is 5.38. The first-order valence-corrected chi connectivity index (χ1v) is 8.88. The van der Waals surface area contributed by atoms with Gasteiger partial charge in [0.1, 0.15) is 6.61 Å². The molecule has 1 aromatic carbocycles. The maximum atomic E-state index is 12.5. The lowest BCUT2D eigenvalue weighted by molar-refractivity contribution is -0.135. The third-order valence-electron chi connectivity index (χ3n) is 4.75. The number of carbonyl (C=O) groups excluding carboxylic acids is 2. The van der Waals surface area contributed by atoms with Gasteiger partial charge in [0.05, 0.1) is 12.1 Å². The van der Waals surface area contributed by atoms with E-state index in [1.807, 2.05) is 44.2 Å². The van der Waals surface area contributed by atoms with E-state index >= 15 is 0 Å². The number of nitrogens with two attached hydrogens (primary N) is 1. The van der Waals surface area contributed by atoms with Crippen molar-refractivity contribution < 1.29 is 14.3 Å². The second-order valence-electron chi connectivity index (χ2n) is 7.00. The molecule has 2 rings (SSSR count). The summed E-state index contributed by atoms with van der Waals surface area (Å²) in [6, 6.07) is 9.05. The second-order valence-corrected chi connectivity index (χ2v) is 7.00. The van der Waals surface area contributed by atoms with Crippen LogP contribution in [0.1, 0.15) is 32.3 Å². The van der Waals surface area contributed by atoms with Crippen LogP contribution in [0.5, 0.6) is 0 Å². The molecule has 0 radical (unpaired) electrons. The van der Waals surface area contributed by atoms with Crippen LogP contribution in [0.15, 0.2) is 30.3 Å². The van der Waals surface area contributed by atoms with Gasteiger partial charge in [-0.05, 0) is 24.3 Å². The molecule has 1 fully saturated rings. The van der Waals surface area contributed by atoms with Crippen molar-refractivity contribution in [3.8, 4) is 0 Å². The Morgan fingerprint density at radius 3 is 2.64 bits per heavy atom. The molecule has 2 amide bonds. The van der Waals surface area contributed by atoms with Crippen molar-refractivity contribution >= 4 is 12.0 Å². The van der Waals surface area contributed by atoms with Gasteiger partial charge in [-0.3, -0.25) is 4.79 Å². The molecule has 0 saturated carbocycles. The molecule has 6 nitrogen and oxygen atoms in total. The smallest absolute Gasteiger partial charge is 0.410 e. The average molecular weight is 347 g/mol. The third kappa shape index (κ3) is 5.19. The molecule has 1 aliphatic heterocycles. The SMILES string of the molecule is CC(C)C(N)C(=O)N1CCCC(N(C)C(=O)OCc2ccccc2)C1. The summed E-state index contributed by atoms with van der Waals surface area (Å²) in [5.74, 6) is 0.0622. The summed E-state index contributed by atoms with van der Waals surface area (Å²) in [5, 5.41) is 0. The molecule has 1 saturated heterocycles. The highest BCUT2D eigenvalue weighted by Crippen LogP contribution is 2.18. The van der Waals surface area contributed by atoms with E-state index in [0.29, 0.717) is 13.1 Å². The predicted octanol–water partition coefficient (Wildman–Crippen LogP) is 2.23.